The molecule has 0 heterocycles. The van der Waals surface area contributed by atoms with Crippen LogP contribution in [0.1, 0.15) is 0 Å². The largest absolute Gasteiger partial charge is 0.449 e. The van der Waals surface area contributed by atoms with Crippen LogP contribution in [0.15, 0.2) is 0 Å². The van der Waals surface area contributed by atoms with Gasteiger partial charge in [0, 0.05) is 0 Å². The minimum absolute atomic E-state index is 1.46. The average Bonchev–Trinajstić information content (AvgIpc) is 2.85. The van der Waals surface area contributed by atoms with E-state index < -0.39 is 107 Å². The SMILES string of the molecule is NC(F)(F)C(F)(F)OC12C(F)(F)C3(OC(F)(F)C(N)(F)F)C(F)(F)C(OC(F)(F)C(O)(F)F)(C1(F)F)C(F)(F)C(OC(F)(F)C(O)(F)F)(C2(F)F)C3(F)F. The third-order valence-corrected chi connectivity index (χ3v) is 7.91. The summed E-state index contributed by atoms with van der Waals surface area (Å²) in [6, 6.07) is -15.0. The first-order valence-electron chi connectivity index (χ1n) is 11.9. The lowest BCUT2D eigenvalue weighted by Crippen LogP contribution is -3.13. The summed E-state index contributed by atoms with van der Waals surface area (Å²) in [5.41, 5.74) is -31.8. The predicted molar refractivity (Wildman–Crippen MR) is 97.3 cm³/mol. The van der Waals surface area contributed by atoms with Crippen molar-refractivity contribution in [2.75, 3.05) is 0 Å². The molecule has 6 N–H and O–H groups in total. The highest BCUT2D eigenvalue weighted by Crippen LogP contribution is 2.90. The van der Waals surface area contributed by atoms with Crippen LogP contribution in [0.25, 0.3) is 0 Å². The number of nitrogens with two attached hydrogens (primary N) is 2. The Morgan fingerprint density at radius 1 is 0.296 bits per heavy atom. The number of ether oxygens (including phenoxy) is 4. The van der Waals surface area contributed by atoms with E-state index in [9.17, 15) is 70.2 Å². The molecule has 0 aromatic carbocycles. The van der Waals surface area contributed by atoms with Crippen LogP contribution in [0.5, 0.6) is 0 Å². The Morgan fingerprint density at radius 2 is 0.426 bits per heavy atom. The van der Waals surface area contributed by atoms with E-state index in [2.05, 4.69) is 11.5 Å². The minimum atomic E-state index is -9.71. The molecule has 4 saturated carbocycles. The fourth-order valence-electron chi connectivity index (χ4n) is 5.65. The standard InChI is InChI=1S/C18H6F28N2O6/c19-5(20)1(51-15(39,40)11(31,32)47)6(21,22)3(53-17(43,44)13(35,36)49)8(25,26)2(5,52-16(41,42)12(33,34)48)9(27,28)4(7(1,23)24,10(3,29)30)54-18(45,46)14(37,38)50/h49-50H,47-48H2. The van der Waals surface area contributed by atoms with Crippen molar-refractivity contribution in [1.82, 2.24) is 0 Å². The van der Waals surface area contributed by atoms with Crippen molar-refractivity contribution < 1.29 is 152 Å². The van der Waals surface area contributed by atoms with Gasteiger partial charge < -0.3 is 10.2 Å². The molecule has 0 saturated heterocycles. The Bertz CT molecular complexity index is 1220. The number of alkyl halides is 28. The smallest absolute Gasteiger partial charge is 0.329 e. The first-order valence-corrected chi connectivity index (χ1v) is 11.9. The zero-order valence-electron chi connectivity index (χ0n) is 23.3. The van der Waals surface area contributed by atoms with Crippen LogP contribution in [-0.2, 0) is 18.9 Å². The Balaban J connectivity index is 3.03. The molecule has 54 heavy (non-hydrogen) atoms. The van der Waals surface area contributed by atoms with Crippen molar-refractivity contribution in [3.05, 3.63) is 0 Å². The van der Waals surface area contributed by atoms with Gasteiger partial charge in [0.15, 0.2) is 0 Å². The molecule has 4 aliphatic carbocycles. The van der Waals surface area contributed by atoms with Crippen molar-refractivity contribution in [2.45, 2.75) is 107 Å². The lowest BCUT2D eigenvalue weighted by atomic mass is 9.38. The van der Waals surface area contributed by atoms with Crippen LogP contribution in [0.4, 0.5) is 123 Å². The first kappa shape index (κ1) is 46.1. The fraction of sp³-hybridized carbons (Fsp3) is 1.00. The second kappa shape index (κ2) is 10.4. The van der Waals surface area contributed by atoms with Crippen LogP contribution >= 0.6 is 0 Å². The first-order chi connectivity index (χ1) is 22.8. The van der Waals surface area contributed by atoms with E-state index in [-0.39, 0.29) is 0 Å². The normalized spacial score (nSPS) is 34.7. The van der Waals surface area contributed by atoms with Gasteiger partial charge in [0.1, 0.15) is 0 Å². The summed E-state index contributed by atoms with van der Waals surface area (Å²) in [4.78, 5) is 0. The number of halogens is 28. The molecule has 0 aromatic rings. The molecule has 4 bridgehead atoms. The number of aliphatic hydroxyl groups is 2. The van der Waals surface area contributed by atoms with Crippen LogP contribution in [0, 0.1) is 0 Å². The van der Waals surface area contributed by atoms with Gasteiger partial charge in [-0.1, -0.05) is 0 Å². The van der Waals surface area contributed by atoms with Crippen molar-refractivity contribution in [2.24, 2.45) is 11.5 Å². The van der Waals surface area contributed by atoms with Crippen LogP contribution in [0.2, 0.25) is 0 Å². The maximum Gasteiger partial charge on any atom is 0.449 e. The maximum atomic E-state index is 16.0. The third-order valence-electron chi connectivity index (χ3n) is 7.91. The van der Waals surface area contributed by atoms with Gasteiger partial charge in [0.25, 0.3) is 22.4 Å². The number of hydrogen-bond acceptors (Lipinski definition) is 8. The van der Waals surface area contributed by atoms with E-state index in [4.69, 9.17) is 10.2 Å². The van der Waals surface area contributed by atoms with Gasteiger partial charge in [-0.05, 0) is 0 Å². The van der Waals surface area contributed by atoms with Gasteiger partial charge in [-0.25, -0.2) is 0 Å². The molecule has 0 atom stereocenters. The highest BCUT2D eigenvalue weighted by Gasteiger charge is 3.24. The van der Waals surface area contributed by atoms with Crippen molar-refractivity contribution in [1.29, 1.82) is 0 Å². The van der Waals surface area contributed by atoms with Gasteiger partial charge in [-0.15, -0.1) is 0 Å². The van der Waals surface area contributed by atoms with Gasteiger partial charge in [-0.2, -0.15) is 123 Å². The molecule has 4 aliphatic rings. The van der Waals surface area contributed by atoms with Crippen LogP contribution in [-0.4, -0.2) is 117 Å². The summed E-state index contributed by atoms with van der Waals surface area (Å²) >= 11 is 0. The van der Waals surface area contributed by atoms with E-state index in [1.165, 1.54) is 9.47 Å². The fourth-order valence-corrected chi connectivity index (χ4v) is 5.65. The molecule has 8 nitrogen and oxygen atoms in total. The summed E-state index contributed by atoms with van der Waals surface area (Å²) in [5.74, 6) is -58.1. The van der Waals surface area contributed by atoms with Gasteiger partial charge in [0.2, 0.25) is 0 Å². The molecule has 4 rings (SSSR count). The predicted octanol–water partition coefficient (Wildman–Crippen LogP) is 5.51. The zero-order valence-corrected chi connectivity index (χ0v) is 23.3. The van der Waals surface area contributed by atoms with E-state index in [0.717, 1.165) is 0 Å². The van der Waals surface area contributed by atoms with E-state index >= 15 is 52.7 Å². The zero-order chi connectivity index (χ0) is 43.8. The van der Waals surface area contributed by atoms with Gasteiger partial charge in [-0.3, -0.25) is 30.4 Å². The van der Waals surface area contributed by atoms with E-state index in [1.807, 2.05) is 0 Å². The quantitative estimate of drug-likeness (QED) is 0.150. The molecule has 0 aliphatic heterocycles. The third kappa shape index (κ3) is 4.30. The van der Waals surface area contributed by atoms with E-state index in [1.54, 1.807) is 9.47 Å². The summed E-state index contributed by atoms with van der Waals surface area (Å²) in [6.07, 6.45) is -50.0. The number of rotatable bonds is 12. The molecular formula is C18H6F28N2O6. The Morgan fingerprint density at radius 3 is 0.537 bits per heavy atom. The molecule has 0 amide bonds. The Labute approximate surface area is 271 Å². The van der Waals surface area contributed by atoms with Crippen molar-refractivity contribution in [3.8, 4) is 0 Å². The molecule has 320 valence electrons. The second-order valence-electron chi connectivity index (χ2n) is 11.0. The molecule has 0 radical (unpaired) electrons. The lowest BCUT2D eigenvalue weighted by molar-refractivity contribution is -0.690. The van der Waals surface area contributed by atoms with E-state index in [0.29, 0.717) is 0 Å². The summed E-state index contributed by atoms with van der Waals surface area (Å²) < 4.78 is 419. The topological polar surface area (TPSA) is 129 Å². The summed E-state index contributed by atoms with van der Waals surface area (Å²) in [6.45, 7) is 0. The summed E-state index contributed by atoms with van der Waals surface area (Å²) in [5, 5.41) is 16.3. The lowest BCUT2D eigenvalue weighted by Gasteiger charge is -2.79. The van der Waals surface area contributed by atoms with Gasteiger partial charge >= 0.3 is 84.3 Å². The van der Waals surface area contributed by atoms with Crippen molar-refractivity contribution in [3.63, 3.8) is 0 Å². The summed E-state index contributed by atoms with van der Waals surface area (Å²) in [7, 11) is 0. The molecule has 36 heteroatoms. The maximum absolute atomic E-state index is 16.0. The average molecular weight is 878 g/mol. The van der Waals surface area contributed by atoms with Gasteiger partial charge in [0.05, 0.1) is 0 Å². The number of hydrogen-bond donors (Lipinski definition) is 4. The molecule has 0 spiro atoms. The molecular weight excluding hydrogens is 872 g/mol. The van der Waals surface area contributed by atoms with Crippen LogP contribution < -0.4 is 11.5 Å². The molecule has 4 fully saturated rings. The van der Waals surface area contributed by atoms with Crippen LogP contribution in [0.3, 0.4) is 0 Å². The second-order valence-corrected chi connectivity index (χ2v) is 11.0. The highest BCUT2D eigenvalue weighted by atomic mass is 19.4. The monoisotopic (exact) mass is 878 g/mol. The Kier molecular flexibility index (Phi) is 8.89. The highest BCUT2D eigenvalue weighted by molar-refractivity contribution is 5.55. The molecule has 0 aromatic heterocycles. The minimum Gasteiger partial charge on any atom is -0.329 e. The Hall–Kier alpha value is -2.28. The molecule has 0 unspecified atom stereocenters. The van der Waals surface area contributed by atoms with Crippen molar-refractivity contribution >= 4 is 0 Å².